The zero-order chi connectivity index (χ0) is 11.5. The second kappa shape index (κ2) is 4.62. The van der Waals surface area contributed by atoms with Crippen LogP contribution in [0.4, 0.5) is 5.82 Å². The number of anilines is 1. The van der Waals surface area contributed by atoms with Crippen LogP contribution < -0.4 is 10.6 Å². The number of rotatable bonds is 4. The van der Waals surface area contributed by atoms with E-state index in [1.807, 2.05) is 31.3 Å². The number of pyridine rings is 1. The van der Waals surface area contributed by atoms with Crippen LogP contribution in [0.5, 0.6) is 0 Å². The second-order valence-corrected chi connectivity index (χ2v) is 4.96. The summed E-state index contributed by atoms with van der Waals surface area (Å²) < 4.78 is 0. The van der Waals surface area contributed by atoms with Gasteiger partial charge in [-0.25, -0.2) is 4.98 Å². The zero-order valence-corrected chi connectivity index (χ0v) is 10.1. The minimum atomic E-state index is 0.154. The summed E-state index contributed by atoms with van der Waals surface area (Å²) in [6.07, 6.45) is 2.91. The van der Waals surface area contributed by atoms with Gasteiger partial charge in [0.25, 0.3) is 0 Å². The third-order valence-electron chi connectivity index (χ3n) is 2.50. The summed E-state index contributed by atoms with van der Waals surface area (Å²) in [5, 5.41) is 0. The molecule has 3 nitrogen and oxygen atoms in total. The van der Waals surface area contributed by atoms with Gasteiger partial charge in [0.15, 0.2) is 0 Å². The third-order valence-corrected chi connectivity index (χ3v) is 2.50. The highest BCUT2D eigenvalue weighted by molar-refractivity contribution is 5.37. The molecule has 0 aliphatic heterocycles. The molecular formula is C12H21N3. The van der Waals surface area contributed by atoms with Crippen molar-refractivity contribution in [3.63, 3.8) is 0 Å². The Morgan fingerprint density at radius 3 is 2.40 bits per heavy atom. The van der Waals surface area contributed by atoms with Gasteiger partial charge >= 0.3 is 0 Å². The van der Waals surface area contributed by atoms with Crippen molar-refractivity contribution in [3.05, 3.63) is 23.9 Å². The van der Waals surface area contributed by atoms with Gasteiger partial charge in [0, 0.05) is 20.3 Å². The molecule has 0 aliphatic rings. The third kappa shape index (κ3) is 3.51. The fourth-order valence-electron chi connectivity index (χ4n) is 1.41. The highest BCUT2D eigenvalue weighted by Crippen LogP contribution is 2.20. The molecule has 0 aliphatic carbocycles. The summed E-state index contributed by atoms with van der Waals surface area (Å²) >= 11 is 0. The summed E-state index contributed by atoms with van der Waals surface area (Å²) in [4.78, 5) is 6.38. The van der Waals surface area contributed by atoms with Crippen LogP contribution in [0.3, 0.4) is 0 Å². The Hall–Kier alpha value is -1.09. The van der Waals surface area contributed by atoms with Gasteiger partial charge in [-0.15, -0.1) is 0 Å². The highest BCUT2D eigenvalue weighted by Gasteiger charge is 2.16. The van der Waals surface area contributed by atoms with Gasteiger partial charge in [0.05, 0.1) is 0 Å². The Labute approximate surface area is 92.3 Å². The van der Waals surface area contributed by atoms with Crippen LogP contribution in [0.2, 0.25) is 0 Å². The SMILES string of the molecule is CN(C)c1ccc(CC(C)(C)CN)cn1. The predicted molar refractivity (Wildman–Crippen MR) is 65.1 cm³/mol. The Balaban J connectivity index is 2.73. The summed E-state index contributed by atoms with van der Waals surface area (Å²) in [5.41, 5.74) is 7.10. The van der Waals surface area contributed by atoms with E-state index in [-0.39, 0.29) is 5.41 Å². The normalized spacial score (nSPS) is 11.5. The van der Waals surface area contributed by atoms with Crippen molar-refractivity contribution in [2.75, 3.05) is 25.5 Å². The van der Waals surface area contributed by atoms with Crippen molar-refractivity contribution in [2.45, 2.75) is 20.3 Å². The number of nitrogens with zero attached hydrogens (tertiary/aromatic N) is 2. The van der Waals surface area contributed by atoms with E-state index >= 15 is 0 Å². The molecule has 84 valence electrons. The topological polar surface area (TPSA) is 42.1 Å². The fourth-order valence-corrected chi connectivity index (χ4v) is 1.41. The first-order valence-corrected chi connectivity index (χ1v) is 5.27. The van der Waals surface area contributed by atoms with Gasteiger partial charge in [0.1, 0.15) is 5.82 Å². The van der Waals surface area contributed by atoms with Gasteiger partial charge < -0.3 is 10.6 Å². The first kappa shape index (κ1) is 12.0. The maximum Gasteiger partial charge on any atom is 0.127 e. The minimum absolute atomic E-state index is 0.154. The van der Waals surface area contributed by atoms with E-state index in [2.05, 4.69) is 24.9 Å². The average Bonchev–Trinajstić information content (AvgIpc) is 2.18. The van der Waals surface area contributed by atoms with E-state index in [1.54, 1.807) is 0 Å². The lowest BCUT2D eigenvalue weighted by Gasteiger charge is -2.22. The first-order chi connectivity index (χ1) is 6.94. The molecule has 0 atom stereocenters. The molecular weight excluding hydrogens is 186 g/mol. The molecule has 0 spiro atoms. The van der Waals surface area contributed by atoms with Crippen molar-refractivity contribution in [2.24, 2.45) is 11.1 Å². The summed E-state index contributed by atoms with van der Waals surface area (Å²) in [6.45, 7) is 5.04. The second-order valence-electron chi connectivity index (χ2n) is 4.96. The van der Waals surface area contributed by atoms with Crippen LogP contribution in [0.25, 0.3) is 0 Å². The van der Waals surface area contributed by atoms with Gasteiger partial charge in [-0.2, -0.15) is 0 Å². The molecule has 1 aromatic heterocycles. The van der Waals surface area contributed by atoms with E-state index in [1.165, 1.54) is 5.56 Å². The Bertz CT molecular complexity index is 301. The molecule has 0 unspecified atom stereocenters. The molecule has 0 aromatic carbocycles. The largest absolute Gasteiger partial charge is 0.363 e. The molecule has 1 rings (SSSR count). The lowest BCUT2D eigenvalue weighted by atomic mass is 9.86. The average molecular weight is 207 g/mol. The van der Waals surface area contributed by atoms with E-state index in [0.717, 1.165) is 12.2 Å². The van der Waals surface area contributed by atoms with Gasteiger partial charge in [-0.1, -0.05) is 19.9 Å². The lowest BCUT2D eigenvalue weighted by molar-refractivity contribution is 0.376. The van der Waals surface area contributed by atoms with E-state index in [4.69, 9.17) is 5.73 Å². The Morgan fingerprint density at radius 2 is 2.00 bits per heavy atom. The zero-order valence-electron chi connectivity index (χ0n) is 10.1. The van der Waals surface area contributed by atoms with E-state index in [9.17, 15) is 0 Å². The monoisotopic (exact) mass is 207 g/mol. The summed E-state index contributed by atoms with van der Waals surface area (Å²) in [5.74, 6) is 0.990. The summed E-state index contributed by atoms with van der Waals surface area (Å²) in [6, 6.07) is 4.17. The van der Waals surface area contributed by atoms with Crippen molar-refractivity contribution in [1.29, 1.82) is 0 Å². The number of nitrogens with two attached hydrogens (primary N) is 1. The van der Waals surface area contributed by atoms with Gasteiger partial charge in [-0.05, 0) is 30.0 Å². The van der Waals surface area contributed by atoms with Crippen LogP contribution in [-0.2, 0) is 6.42 Å². The molecule has 1 aromatic rings. The molecule has 0 saturated carbocycles. The van der Waals surface area contributed by atoms with Crippen LogP contribution in [0.15, 0.2) is 18.3 Å². The molecule has 0 fully saturated rings. The maximum absolute atomic E-state index is 5.70. The Morgan fingerprint density at radius 1 is 1.33 bits per heavy atom. The molecule has 0 bridgehead atoms. The summed E-state index contributed by atoms with van der Waals surface area (Å²) in [7, 11) is 3.98. The number of hydrogen-bond acceptors (Lipinski definition) is 3. The van der Waals surface area contributed by atoms with Crippen molar-refractivity contribution < 1.29 is 0 Å². The lowest BCUT2D eigenvalue weighted by Crippen LogP contribution is -2.26. The molecule has 0 saturated heterocycles. The van der Waals surface area contributed by atoms with Crippen LogP contribution in [0.1, 0.15) is 19.4 Å². The van der Waals surface area contributed by atoms with E-state index < -0.39 is 0 Å². The van der Waals surface area contributed by atoms with Crippen LogP contribution in [0, 0.1) is 5.41 Å². The molecule has 1 heterocycles. The smallest absolute Gasteiger partial charge is 0.127 e. The van der Waals surface area contributed by atoms with Crippen molar-refractivity contribution >= 4 is 5.82 Å². The highest BCUT2D eigenvalue weighted by atomic mass is 15.1. The molecule has 0 amide bonds. The van der Waals surface area contributed by atoms with Crippen LogP contribution >= 0.6 is 0 Å². The number of aromatic nitrogens is 1. The molecule has 3 heteroatoms. The van der Waals surface area contributed by atoms with Crippen LogP contribution in [-0.4, -0.2) is 25.6 Å². The first-order valence-electron chi connectivity index (χ1n) is 5.27. The maximum atomic E-state index is 5.70. The molecule has 15 heavy (non-hydrogen) atoms. The molecule has 2 N–H and O–H groups in total. The van der Waals surface area contributed by atoms with E-state index in [0.29, 0.717) is 6.54 Å². The van der Waals surface area contributed by atoms with Gasteiger partial charge in [0.2, 0.25) is 0 Å². The van der Waals surface area contributed by atoms with Crippen molar-refractivity contribution in [3.8, 4) is 0 Å². The number of hydrogen-bond donors (Lipinski definition) is 1. The van der Waals surface area contributed by atoms with Gasteiger partial charge in [-0.3, -0.25) is 0 Å². The Kier molecular flexibility index (Phi) is 3.69. The van der Waals surface area contributed by atoms with Crippen molar-refractivity contribution in [1.82, 2.24) is 4.98 Å². The molecule has 0 radical (unpaired) electrons. The predicted octanol–water partition coefficient (Wildman–Crippen LogP) is 1.67. The standard InChI is InChI=1S/C12H21N3/c1-12(2,9-13)7-10-5-6-11(14-8-10)15(3)4/h5-6,8H,7,9,13H2,1-4H3. The quantitative estimate of drug-likeness (QED) is 0.816. The fraction of sp³-hybridized carbons (Fsp3) is 0.583. The minimum Gasteiger partial charge on any atom is -0.363 e.